The molecule has 2 heterocycles. The van der Waals surface area contributed by atoms with Gasteiger partial charge >= 0.3 is 7.12 Å². The van der Waals surface area contributed by atoms with Crippen LogP contribution in [0.1, 0.15) is 48.5 Å². The van der Waals surface area contributed by atoms with Gasteiger partial charge in [-0.2, -0.15) is 0 Å². The van der Waals surface area contributed by atoms with Crippen molar-refractivity contribution < 1.29 is 9.31 Å². The highest BCUT2D eigenvalue weighted by molar-refractivity contribution is 6.62. The van der Waals surface area contributed by atoms with Crippen LogP contribution < -0.4 is 21.5 Å². The maximum Gasteiger partial charge on any atom is 0.495 e. The Morgan fingerprint density at radius 1 is 1.12 bits per heavy atom. The van der Waals surface area contributed by atoms with E-state index in [1.807, 2.05) is 66.7 Å². The predicted molar refractivity (Wildman–Crippen MR) is 107 cm³/mol. The Kier molecular flexibility index (Phi) is 4.61. The number of hydrogen-bond acceptors (Lipinski definition) is 4. The summed E-state index contributed by atoms with van der Waals surface area (Å²) in [5, 5.41) is 2.53. The maximum atomic E-state index is 12.9. The molecule has 0 bridgehead atoms. The first-order chi connectivity index (χ1) is 12.2. The monoisotopic (exact) mass is 354 g/mol. The minimum atomic E-state index is -0.524. The summed E-state index contributed by atoms with van der Waals surface area (Å²) in [5.74, 6) is 0. The molecule has 6 heteroatoms. The number of fused-ring (bicyclic) bond motifs is 1. The fourth-order valence-electron chi connectivity index (χ4n) is 3.37. The van der Waals surface area contributed by atoms with Crippen molar-refractivity contribution in [2.45, 2.75) is 66.2 Å². The molecule has 0 aliphatic carbocycles. The van der Waals surface area contributed by atoms with Gasteiger partial charge in [-0.15, -0.1) is 0 Å². The molecule has 1 aromatic carbocycles. The third-order valence-corrected chi connectivity index (χ3v) is 5.65. The molecule has 3 rings (SSSR count). The molecule has 0 saturated carbocycles. The number of hydrogen-bond donors (Lipinski definition) is 0. The maximum absolute atomic E-state index is 12.9. The standard InChI is InChI=1S/C20H27BN2O3/c1-8-13-14(9-2)17-15(18(24)23(10-3)12-22-17)11-16(13)21-25-19(4,5)20(6,7)26-21/h8-9,11-12H,10H2,1-7H3/b13-8+,14-9+. The smallest absolute Gasteiger partial charge is 0.399 e. The number of benzene rings is 1. The Bertz CT molecular complexity index is 1020. The van der Waals surface area contributed by atoms with E-state index in [1.54, 1.807) is 10.9 Å². The number of aromatic nitrogens is 2. The van der Waals surface area contributed by atoms with E-state index in [0.29, 0.717) is 11.9 Å². The molecule has 26 heavy (non-hydrogen) atoms. The molecule has 0 radical (unpaired) electrons. The second-order valence-electron chi connectivity index (χ2n) is 7.69. The second kappa shape index (κ2) is 6.36. The largest absolute Gasteiger partial charge is 0.495 e. The van der Waals surface area contributed by atoms with Crippen LogP contribution in [0.5, 0.6) is 0 Å². The molecule has 5 nitrogen and oxygen atoms in total. The normalized spacial score (nSPS) is 20.3. The molecule has 0 unspecified atom stereocenters. The fourth-order valence-corrected chi connectivity index (χ4v) is 3.37. The molecule has 2 aromatic rings. The topological polar surface area (TPSA) is 53.4 Å². The number of nitrogens with zero attached hydrogens (tertiary/aromatic N) is 2. The van der Waals surface area contributed by atoms with E-state index in [1.165, 1.54) is 0 Å². The minimum absolute atomic E-state index is 0.0407. The first-order valence-corrected chi connectivity index (χ1v) is 9.17. The molecule has 1 saturated heterocycles. The van der Waals surface area contributed by atoms with E-state index >= 15 is 0 Å². The van der Waals surface area contributed by atoms with Gasteiger partial charge in [-0.05, 0) is 65.2 Å². The van der Waals surface area contributed by atoms with Gasteiger partial charge in [0.1, 0.15) is 0 Å². The van der Waals surface area contributed by atoms with Crippen molar-refractivity contribution in [3.8, 4) is 0 Å². The van der Waals surface area contributed by atoms with Crippen molar-refractivity contribution in [1.82, 2.24) is 9.55 Å². The van der Waals surface area contributed by atoms with Gasteiger partial charge in [0.2, 0.25) is 0 Å². The third kappa shape index (κ3) is 2.72. The lowest BCUT2D eigenvalue weighted by atomic mass is 9.76. The SMILES string of the molecule is C/C=c1/c(B2OC(C)(C)C(C)(C)O2)cc2c(=O)n(CC)cnc2/c1=C/C. The van der Waals surface area contributed by atoms with Crippen molar-refractivity contribution in [3.63, 3.8) is 0 Å². The molecule has 0 atom stereocenters. The molecule has 0 spiro atoms. The Hall–Kier alpha value is -1.92. The quantitative estimate of drug-likeness (QED) is 0.764. The van der Waals surface area contributed by atoms with Crippen LogP contribution in [0.25, 0.3) is 23.1 Å². The summed E-state index contributed by atoms with van der Waals surface area (Å²) < 4.78 is 14.1. The van der Waals surface area contributed by atoms with Gasteiger partial charge in [0.25, 0.3) is 5.56 Å². The van der Waals surface area contributed by atoms with Crippen molar-refractivity contribution in [3.05, 3.63) is 33.2 Å². The summed E-state index contributed by atoms with van der Waals surface area (Å²) >= 11 is 0. The number of rotatable bonds is 2. The van der Waals surface area contributed by atoms with E-state index in [-0.39, 0.29) is 5.56 Å². The van der Waals surface area contributed by atoms with Crippen LogP contribution in [0, 0.1) is 0 Å². The van der Waals surface area contributed by atoms with Crippen LogP contribution >= 0.6 is 0 Å². The van der Waals surface area contributed by atoms with Crippen molar-refractivity contribution >= 4 is 35.6 Å². The summed E-state index contributed by atoms with van der Waals surface area (Å²) in [5.41, 5.74) is 0.676. The second-order valence-corrected chi connectivity index (χ2v) is 7.69. The zero-order valence-corrected chi connectivity index (χ0v) is 16.7. The van der Waals surface area contributed by atoms with E-state index in [4.69, 9.17) is 9.31 Å². The number of aryl methyl sites for hydroxylation is 1. The van der Waals surface area contributed by atoms with Gasteiger partial charge in [0.05, 0.1) is 28.4 Å². The Morgan fingerprint density at radius 3 is 2.19 bits per heavy atom. The highest BCUT2D eigenvalue weighted by Gasteiger charge is 2.52. The lowest BCUT2D eigenvalue weighted by Crippen LogP contribution is -2.50. The molecule has 0 amide bonds. The van der Waals surface area contributed by atoms with Crippen molar-refractivity contribution in [1.29, 1.82) is 0 Å². The molecule has 1 aliphatic rings. The average Bonchev–Trinajstić information content (AvgIpc) is 2.81. The lowest BCUT2D eigenvalue weighted by molar-refractivity contribution is 0.00578. The fraction of sp³-hybridized carbons (Fsp3) is 0.500. The molecular formula is C20H27BN2O3. The zero-order valence-electron chi connectivity index (χ0n) is 16.7. The highest BCUT2D eigenvalue weighted by atomic mass is 16.7. The summed E-state index contributed by atoms with van der Waals surface area (Å²) in [6.07, 6.45) is 5.64. The van der Waals surface area contributed by atoms with Gasteiger partial charge in [-0.3, -0.25) is 9.36 Å². The average molecular weight is 354 g/mol. The molecule has 1 aromatic heterocycles. The van der Waals surface area contributed by atoms with Crippen LogP contribution in [0.2, 0.25) is 0 Å². The van der Waals surface area contributed by atoms with Gasteiger partial charge in [0, 0.05) is 11.8 Å². The Labute approximate surface area is 154 Å². The zero-order chi connectivity index (χ0) is 19.3. The van der Waals surface area contributed by atoms with Crippen LogP contribution in [-0.2, 0) is 15.9 Å². The summed E-state index contributed by atoms with van der Waals surface area (Å²) in [4.78, 5) is 17.4. The lowest BCUT2D eigenvalue weighted by Gasteiger charge is -2.32. The van der Waals surface area contributed by atoms with Crippen molar-refractivity contribution in [2.75, 3.05) is 0 Å². The van der Waals surface area contributed by atoms with Gasteiger partial charge in [-0.25, -0.2) is 4.98 Å². The summed E-state index contributed by atoms with van der Waals surface area (Å²) in [6, 6.07) is 1.89. The van der Waals surface area contributed by atoms with Crippen LogP contribution in [0.3, 0.4) is 0 Å². The predicted octanol–water partition coefficient (Wildman–Crippen LogP) is 1.32. The first-order valence-electron chi connectivity index (χ1n) is 9.17. The molecule has 138 valence electrons. The first kappa shape index (κ1) is 18.9. The van der Waals surface area contributed by atoms with E-state index < -0.39 is 18.3 Å². The molecule has 1 aliphatic heterocycles. The highest BCUT2D eigenvalue weighted by Crippen LogP contribution is 2.36. The summed E-state index contributed by atoms with van der Waals surface area (Å²) in [7, 11) is -0.524. The third-order valence-electron chi connectivity index (χ3n) is 5.65. The summed E-state index contributed by atoms with van der Waals surface area (Å²) in [6.45, 7) is 14.6. The van der Waals surface area contributed by atoms with Gasteiger partial charge in [0.15, 0.2) is 0 Å². The Balaban J connectivity index is 2.37. The van der Waals surface area contributed by atoms with E-state index in [9.17, 15) is 4.79 Å². The minimum Gasteiger partial charge on any atom is -0.399 e. The van der Waals surface area contributed by atoms with Gasteiger partial charge in [-0.1, -0.05) is 12.2 Å². The Morgan fingerprint density at radius 2 is 1.69 bits per heavy atom. The van der Waals surface area contributed by atoms with Crippen LogP contribution in [0.15, 0.2) is 17.2 Å². The van der Waals surface area contributed by atoms with E-state index in [2.05, 4.69) is 4.98 Å². The van der Waals surface area contributed by atoms with Crippen LogP contribution in [0.4, 0.5) is 0 Å². The van der Waals surface area contributed by atoms with Crippen LogP contribution in [-0.4, -0.2) is 27.9 Å². The molecule has 0 N–H and O–H groups in total. The van der Waals surface area contributed by atoms with Gasteiger partial charge < -0.3 is 9.31 Å². The van der Waals surface area contributed by atoms with E-state index in [0.717, 1.165) is 21.4 Å². The molecular weight excluding hydrogens is 327 g/mol. The molecule has 1 fully saturated rings. The van der Waals surface area contributed by atoms with Crippen molar-refractivity contribution in [2.24, 2.45) is 0 Å².